The van der Waals surface area contributed by atoms with Crippen LogP contribution in [0.4, 0.5) is 5.69 Å². The Labute approximate surface area is 163 Å². The number of nitro groups is 1. The van der Waals surface area contributed by atoms with Crippen LogP contribution in [0.3, 0.4) is 0 Å². The Bertz CT molecular complexity index is 964. The molecule has 1 aromatic heterocycles. The van der Waals surface area contributed by atoms with Crippen LogP contribution in [0.15, 0.2) is 39.9 Å². The molecule has 2 fully saturated rings. The van der Waals surface area contributed by atoms with Crippen molar-refractivity contribution in [1.29, 1.82) is 0 Å². The molecule has 2 saturated carbocycles. The van der Waals surface area contributed by atoms with Gasteiger partial charge in [0.25, 0.3) is 5.69 Å². The largest absolute Gasteiger partial charge is 0.455 e. The Morgan fingerprint density at radius 3 is 2.89 bits per heavy atom. The fraction of sp³-hybridized carbons (Fsp3) is 0.429. The molecule has 146 valence electrons. The highest BCUT2D eigenvalue weighted by Crippen LogP contribution is 2.66. The zero-order valence-electron chi connectivity index (χ0n) is 16.0. The predicted molar refractivity (Wildman–Crippen MR) is 105 cm³/mol. The maximum absolute atomic E-state index is 12.4. The Morgan fingerprint density at radius 1 is 1.36 bits per heavy atom. The van der Waals surface area contributed by atoms with Gasteiger partial charge in [0.05, 0.1) is 11.1 Å². The van der Waals surface area contributed by atoms with E-state index in [-0.39, 0.29) is 22.9 Å². The van der Waals surface area contributed by atoms with Crippen molar-refractivity contribution < 1.29 is 14.1 Å². The molecule has 1 N–H and O–H groups in total. The summed E-state index contributed by atoms with van der Waals surface area (Å²) in [6.07, 6.45) is 6.11. The first-order valence-electron chi connectivity index (χ1n) is 9.58. The number of rotatable bonds is 5. The van der Waals surface area contributed by atoms with Crippen LogP contribution in [-0.4, -0.2) is 17.0 Å². The van der Waals surface area contributed by atoms with Gasteiger partial charge >= 0.3 is 0 Å². The van der Waals surface area contributed by atoms with Crippen LogP contribution in [0.25, 0.3) is 11.3 Å². The van der Waals surface area contributed by atoms with E-state index in [0.717, 1.165) is 18.4 Å². The molecule has 28 heavy (non-hydrogen) atoms. The standard InChI is InChI=1S/C21H23N3O4/c1-13-6-7-14(24(26)27)11-16(13)18-9-8-15(28-18)12-22-23-20(25)19-17-5-3-4-10-21(17,19)2/h6-9,11-12,17,19H,3-5,10H2,1-2H3,(H,23,25)/b22-12-/t17-,19+,21-/m1/s1. The molecule has 0 unspecified atom stereocenters. The smallest absolute Gasteiger partial charge is 0.270 e. The molecule has 2 aliphatic carbocycles. The summed E-state index contributed by atoms with van der Waals surface area (Å²) in [5.41, 5.74) is 4.34. The number of furan rings is 1. The van der Waals surface area contributed by atoms with Gasteiger partial charge in [-0.15, -0.1) is 0 Å². The van der Waals surface area contributed by atoms with Crippen molar-refractivity contribution in [1.82, 2.24) is 5.43 Å². The minimum Gasteiger partial charge on any atom is -0.455 e. The zero-order valence-corrected chi connectivity index (χ0v) is 16.0. The normalized spacial score (nSPS) is 26.1. The topological polar surface area (TPSA) is 97.7 Å². The molecule has 1 heterocycles. The molecular formula is C21H23N3O4. The summed E-state index contributed by atoms with van der Waals surface area (Å²) in [4.78, 5) is 23.0. The van der Waals surface area contributed by atoms with Crippen LogP contribution in [0, 0.1) is 34.3 Å². The summed E-state index contributed by atoms with van der Waals surface area (Å²) < 4.78 is 5.73. The molecule has 3 atom stereocenters. The summed E-state index contributed by atoms with van der Waals surface area (Å²) in [6.45, 7) is 4.07. The maximum atomic E-state index is 12.4. The van der Waals surface area contributed by atoms with E-state index in [9.17, 15) is 14.9 Å². The number of hydrogen-bond donors (Lipinski definition) is 1. The minimum atomic E-state index is -0.431. The van der Waals surface area contributed by atoms with E-state index in [0.29, 0.717) is 23.0 Å². The number of hydrazone groups is 1. The third-order valence-electron chi connectivity index (χ3n) is 6.30. The Hall–Kier alpha value is -2.96. The summed E-state index contributed by atoms with van der Waals surface area (Å²) in [5, 5.41) is 15.0. The highest BCUT2D eigenvalue weighted by molar-refractivity contribution is 5.85. The third kappa shape index (κ3) is 3.21. The molecule has 1 aromatic carbocycles. The molecule has 0 aliphatic heterocycles. The van der Waals surface area contributed by atoms with Gasteiger partial charge in [0.1, 0.15) is 11.5 Å². The molecule has 0 bridgehead atoms. The lowest BCUT2D eigenvalue weighted by Gasteiger charge is -2.15. The van der Waals surface area contributed by atoms with E-state index in [4.69, 9.17) is 4.42 Å². The van der Waals surface area contributed by atoms with Crippen molar-refractivity contribution in [3.8, 4) is 11.3 Å². The van der Waals surface area contributed by atoms with Crippen LogP contribution in [-0.2, 0) is 4.79 Å². The van der Waals surface area contributed by atoms with E-state index >= 15 is 0 Å². The lowest BCUT2D eigenvalue weighted by molar-refractivity contribution is -0.384. The monoisotopic (exact) mass is 381 g/mol. The average Bonchev–Trinajstić information content (AvgIpc) is 3.03. The van der Waals surface area contributed by atoms with Gasteiger partial charge in [0, 0.05) is 23.6 Å². The Balaban J connectivity index is 1.42. The first-order chi connectivity index (χ1) is 13.4. The van der Waals surface area contributed by atoms with Gasteiger partial charge in [0.2, 0.25) is 5.91 Å². The van der Waals surface area contributed by atoms with Gasteiger partial charge in [0.15, 0.2) is 0 Å². The highest BCUT2D eigenvalue weighted by Gasteiger charge is 2.64. The summed E-state index contributed by atoms with van der Waals surface area (Å²) in [6, 6.07) is 8.12. The Kier molecular flexibility index (Phi) is 4.53. The first kappa shape index (κ1) is 18.4. The van der Waals surface area contributed by atoms with Gasteiger partial charge in [-0.3, -0.25) is 14.9 Å². The number of carbonyl (C=O) groups excluding carboxylic acids is 1. The number of carbonyl (C=O) groups is 1. The van der Waals surface area contributed by atoms with Crippen molar-refractivity contribution in [2.75, 3.05) is 0 Å². The first-order valence-corrected chi connectivity index (χ1v) is 9.58. The lowest BCUT2D eigenvalue weighted by Crippen LogP contribution is -2.22. The van der Waals surface area contributed by atoms with Gasteiger partial charge < -0.3 is 4.42 Å². The van der Waals surface area contributed by atoms with E-state index in [1.54, 1.807) is 18.2 Å². The van der Waals surface area contributed by atoms with E-state index < -0.39 is 4.92 Å². The van der Waals surface area contributed by atoms with Gasteiger partial charge in [-0.1, -0.05) is 25.8 Å². The second-order valence-corrected chi connectivity index (χ2v) is 8.03. The third-order valence-corrected chi connectivity index (χ3v) is 6.30. The van der Waals surface area contributed by atoms with Crippen LogP contribution in [0.5, 0.6) is 0 Å². The number of fused-ring (bicyclic) bond motifs is 1. The number of hydrogen-bond acceptors (Lipinski definition) is 5. The summed E-state index contributed by atoms with van der Waals surface area (Å²) in [7, 11) is 0. The fourth-order valence-corrected chi connectivity index (χ4v) is 4.64. The van der Waals surface area contributed by atoms with Crippen molar-refractivity contribution in [3.05, 3.63) is 51.8 Å². The maximum Gasteiger partial charge on any atom is 0.270 e. The molecule has 2 aliphatic rings. The lowest BCUT2D eigenvalue weighted by atomic mass is 9.90. The number of aryl methyl sites for hydroxylation is 1. The molecule has 7 nitrogen and oxygen atoms in total. The molecular weight excluding hydrogens is 358 g/mol. The van der Waals surface area contributed by atoms with Gasteiger partial charge in [-0.05, 0) is 48.8 Å². The molecule has 1 amide bonds. The number of non-ortho nitro benzene ring substituents is 1. The predicted octanol–water partition coefficient (Wildman–Crippen LogP) is 4.44. The molecule has 2 aromatic rings. The fourth-order valence-electron chi connectivity index (χ4n) is 4.64. The highest BCUT2D eigenvalue weighted by atomic mass is 16.6. The summed E-state index contributed by atoms with van der Waals surface area (Å²) >= 11 is 0. The number of nitrogens with one attached hydrogen (secondary N) is 1. The molecule has 0 radical (unpaired) electrons. The van der Waals surface area contributed by atoms with Crippen molar-refractivity contribution in [2.45, 2.75) is 39.5 Å². The van der Waals surface area contributed by atoms with Crippen molar-refractivity contribution in [2.24, 2.45) is 22.4 Å². The van der Waals surface area contributed by atoms with Crippen LogP contribution >= 0.6 is 0 Å². The zero-order chi connectivity index (χ0) is 19.9. The molecule has 0 spiro atoms. The molecule has 4 rings (SSSR count). The Morgan fingerprint density at radius 2 is 2.18 bits per heavy atom. The molecule has 7 heteroatoms. The van der Waals surface area contributed by atoms with E-state index in [1.807, 2.05) is 6.92 Å². The minimum absolute atomic E-state index is 0.0128. The number of nitrogens with zero attached hydrogens (tertiary/aromatic N) is 2. The van der Waals surface area contributed by atoms with E-state index in [1.165, 1.54) is 31.2 Å². The second-order valence-electron chi connectivity index (χ2n) is 8.03. The summed E-state index contributed by atoms with van der Waals surface area (Å²) in [5.74, 6) is 1.53. The van der Waals surface area contributed by atoms with Gasteiger partial charge in [-0.2, -0.15) is 5.10 Å². The SMILES string of the molecule is Cc1ccc([N+](=O)[O-])cc1-c1ccc(/C=N\NC(=O)[C@@H]2[C@H]3CCCC[C@]32C)o1. The second kappa shape index (κ2) is 6.89. The number of amides is 1. The van der Waals surface area contributed by atoms with Crippen molar-refractivity contribution in [3.63, 3.8) is 0 Å². The molecule has 0 saturated heterocycles. The van der Waals surface area contributed by atoms with Crippen LogP contribution < -0.4 is 5.43 Å². The number of benzene rings is 1. The number of nitro benzene ring substituents is 1. The average molecular weight is 381 g/mol. The van der Waals surface area contributed by atoms with Crippen molar-refractivity contribution >= 4 is 17.8 Å². The van der Waals surface area contributed by atoms with Crippen LogP contribution in [0.1, 0.15) is 43.9 Å². The van der Waals surface area contributed by atoms with E-state index in [2.05, 4.69) is 17.5 Å². The van der Waals surface area contributed by atoms with Gasteiger partial charge in [-0.25, -0.2) is 5.43 Å². The quantitative estimate of drug-likeness (QED) is 0.470. The van der Waals surface area contributed by atoms with Crippen LogP contribution in [0.2, 0.25) is 0 Å².